The molecule has 84 valence electrons. The van der Waals surface area contributed by atoms with Crippen LogP contribution in [0.3, 0.4) is 0 Å². The second-order valence-corrected chi connectivity index (χ2v) is 3.81. The van der Waals surface area contributed by atoms with Gasteiger partial charge in [-0.2, -0.15) is 0 Å². The molecule has 0 amide bonds. The molecule has 0 aliphatic heterocycles. The van der Waals surface area contributed by atoms with E-state index in [9.17, 15) is 0 Å². The first-order chi connectivity index (χ1) is 6.93. The summed E-state index contributed by atoms with van der Waals surface area (Å²) >= 11 is 5.67. The fourth-order valence-corrected chi connectivity index (χ4v) is 1.00. The molecule has 0 aromatic heterocycles. The van der Waals surface area contributed by atoms with Crippen molar-refractivity contribution >= 4 is 11.6 Å². The lowest BCUT2D eigenvalue weighted by atomic mass is 10.2. The molecule has 0 aromatic carbocycles. The highest BCUT2D eigenvalue weighted by molar-refractivity contribution is 6.31. The van der Waals surface area contributed by atoms with Gasteiger partial charge in [-0.1, -0.05) is 37.4 Å². The minimum atomic E-state index is 0.0576. The van der Waals surface area contributed by atoms with Crippen molar-refractivity contribution < 1.29 is 5.11 Å². The average Bonchev–Trinajstić information content (AvgIpc) is 2.14. The minimum Gasteiger partial charge on any atom is -0.509 e. The molecule has 0 saturated heterocycles. The van der Waals surface area contributed by atoms with Crippen LogP contribution >= 0.6 is 11.6 Å². The molecule has 0 fully saturated rings. The van der Waals surface area contributed by atoms with Gasteiger partial charge < -0.3 is 10.4 Å². The van der Waals surface area contributed by atoms with Crippen molar-refractivity contribution in [2.45, 2.75) is 19.4 Å². The highest BCUT2D eigenvalue weighted by atomic mass is 35.5. The lowest BCUT2D eigenvalue weighted by molar-refractivity contribution is 0.434. The van der Waals surface area contributed by atoms with Crippen molar-refractivity contribution in [3.8, 4) is 0 Å². The Morgan fingerprint density at radius 1 is 1.47 bits per heavy atom. The molecule has 0 bridgehead atoms. The third-order valence-corrected chi connectivity index (χ3v) is 2.12. The maximum Gasteiger partial charge on any atom is 0.108 e. The van der Waals surface area contributed by atoms with Gasteiger partial charge in [0, 0.05) is 11.1 Å². The SMILES string of the molecule is C=C(O)/C=C\C(C)NCCC(=C)C(=C)Cl. The Hall–Kier alpha value is -0.990. The van der Waals surface area contributed by atoms with Gasteiger partial charge >= 0.3 is 0 Å². The summed E-state index contributed by atoms with van der Waals surface area (Å²) in [5.41, 5.74) is 0.840. The van der Waals surface area contributed by atoms with Gasteiger partial charge in [0.15, 0.2) is 0 Å². The zero-order valence-corrected chi connectivity index (χ0v) is 9.85. The summed E-state index contributed by atoms with van der Waals surface area (Å²) in [6.45, 7) is 13.5. The van der Waals surface area contributed by atoms with Crippen LogP contribution in [0.1, 0.15) is 13.3 Å². The van der Waals surface area contributed by atoms with Gasteiger partial charge in [-0.15, -0.1) is 0 Å². The number of hydrogen-bond acceptors (Lipinski definition) is 2. The monoisotopic (exact) mass is 227 g/mol. The molecule has 0 aliphatic carbocycles. The Labute approximate surface area is 96.6 Å². The number of allylic oxidation sites excluding steroid dienone is 2. The van der Waals surface area contributed by atoms with E-state index in [4.69, 9.17) is 16.7 Å². The number of hydrogen-bond donors (Lipinski definition) is 2. The maximum absolute atomic E-state index is 8.84. The topological polar surface area (TPSA) is 32.3 Å². The van der Waals surface area contributed by atoms with Crippen molar-refractivity contribution in [2.75, 3.05) is 6.54 Å². The Balaban J connectivity index is 3.73. The van der Waals surface area contributed by atoms with Crippen LogP contribution in [0.4, 0.5) is 0 Å². The molecule has 2 nitrogen and oxygen atoms in total. The standard InChI is InChI=1S/C12H18ClNO/c1-9(12(4)13)7-8-14-10(2)5-6-11(3)15/h5-6,10,14-15H,1,3-4,7-8H2,2H3/b6-5-. The van der Waals surface area contributed by atoms with E-state index >= 15 is 0 Å². The fraction of sp³-hybridized carbons (Fsp3) is 0.333. The first-order valence-corrected chi connectivity index (χ1v) is 5.13. The van der Waals surface area contributed by atoms with Crippen molar-refractivity contribution in [3.05, 3.63) is 48.3 Å². The Bertz CT molecular complexity index is 281. The third kappa shape index (κ3) is 8.03. The van der Waals surface area contributed by atoms with E-state index in [1.165, 1.54) is 0 Å². The van der Waals surface area contributed by atoms with Crippen LogP contribution in [0.15, 0.2) is 48.3 Å². The Kier molecular flexibility index (Phi) is 6.84. The molecule has 0 heterocycles. The zero-order chi connectivity index (χ0) is 11.8. The fourth-order valence-electron chi connectivity index (χ4n) is 0.910. The molecule has 3 heteroatoms. The van der Waals surface area contributed by atoms with Gasteiger partial charge in [0.2, 0.25) is 0 Å². The van der Waals surface area contributed by atoms with Gasteiger partial charge in [-0.05, 0) is 31.5 Å². The lowest BCUT2D eigenvalue weighted by Crippen LogP contribution is -2.25. The van der Waals surface area contributed by atoms with Gasteiger partial charge in [0.25, 0.3) is 0 Å². The normalized spacial score (nSPS) is 12.7. The van der Waals surface area contributed by atoms with Crippen LogP contribution in [0, 0.1) is 0 Å². The third-order valence-electron chi connectivity index (χ3n) is 1.85. The van der Waals surface area contributed by atoms with E-state index in [1.807, 2.05) is 13.0 Å². The molecule has 1 atom stereocenters. The van der Waals surface area contributed by atoms with Gasteiger partial charge in [0.05, 0.1) is 0 Å². The highest BCUT2D eigenvalue weighted by Gasteiger charge is 1.99. The first kappa shape index (κ1) is 14.0. The smallest absolute Gasteiger partial charge is 0.108 e. The quantitative estimate of drug-likeness (QED) is 0.517. The molecule has 0 rings (SSSR count). The number of aliphatic hydroxyl groups excluding tert-OH is 1. The molecule has 1 unspecified atom stereocenters. The molecule has 2 N–H and O–H groups in total. The van der Waals surface area contributed by atoms with E-state index < -0.39 is 0 Å². The predicted octanol–water partition coefficient (Wildman–Crippen LogP) is 3.29. The van der Waals surface area contributed by atoms with Crippen molar-refractivity contribution in [2.24, 2.45) is 0 Å². The molecule has 0 aliphatic rings. The van der Waals surface area contributed by atoms with Crippen molar-refractivity contribution in [1.29, 1.82) is 0 Å². The van der Waals surface area contributed by atoms with Gasteiger partial charge in [-0.25, -0.2) is 0 Å². The van der Waals surface area contributed by atoms with Gasteiger partial charge in [-0.3, -0.25) is 0 Å². The Morgan fingerprint density at radius 3 is 2.53 bits per heavy atom. The number of nitrogens with one attached hydrogen (secondary N) is 1. The van der Waals surface area contributed by atoms with E-state index in [-0.39, 0.29) is 11.8 Å². The van der Waals surface area contributed by atoms with Crippen LogP contribution in [-0.2, 0) is 0 Å². The molecular formula is C12H18ClNO. The second kappa shape index (κ2) is 7.32. The summed E-state index contributed by atoms with van der Waals surface area (Å²) in [7, 11) is 0. The van der Waals surface area contributed by atoms with Crippen LogP contribution in [0.2, 0.25) is 0 Å². The van der Waals surface area contributed by atoms with Crippen molar-refractivity contribution in [3.63, 3.8) is 0 Å². The summed E-state index contributed by atoms with van der Waals surface area (Å²) in [6.07, 6.45) is 4.16. The molecule has 0 radical (unpaired) electrons. The van der Waals surface area contributed by atoms with Crippen LogP contribution < -0.4 is 5.32 Å². The molecule has 0 aromatic rings. The van der Waals surface area contributed by atoms with Crippen LogP contribution in [0.25, 0.3) is 0 Å². The predicted molar refractivity (Wildman–Crippen MR) is 67.1 cm³/mol. The summed E-state index contributed by atoms with van der Waals surface area (Å²) in [6, 6.07) is 0.172. The largest absolute Gasteiger partial charge is 0.509 e. The molecular weight excluding hydrogens is 210 g/mol. The van der Waals surface area contributed by atoms with Gasteiger partial charge in [0.1, 0.15) is 5.76 Å². The maximum atomic E-state index is 8.84. The Morgan fingerprint density at radius 2 is 2.07 bits per heavy atom. The first-order valence-electron chi connectivity index (χ1n) is 4.75. The average molecular weight is 228 g/mol. The summed E-state index contributed by atoms with van der Waals surface area (Å²) in [5.74, 6) is 0.0576. The molecule has 0 saturated carbocycles. The number of rotatable bonds is 7. The van der Waals surface area contributed by atoms with E-state index in [1.54, 1.807) is 6.08 Å². The summed E-state index contributed by atoms with van der Waals surface area (Å²) in [4.78, 5) is 0. The zero-order valence-electron chi connectivity index (χ0n) is 9.09. The highest BCUT2D eigenvalue weighted by Crippen LogP contribution is 2.12. The van der Waals surface area contributed by atoms with E-state index in [2.05, 4.69) is 25.1 Å². The minimum absolute atomic E-state index is 0.0576. The van der Waals surface area contributed by atoms with Crippen LogP contribution in [0.5, 0.6) is 0 Å². The second-order valence-electron chi connectivity index (χ2n) is 3.35. The lowest BCUT2D eigenvalue weighted by Gasteiger charge is -2.09. The number of halogens is 1. The molecule has 15 heavy (non-hydrogen) atoms. The number of aliphatic hydroxyl groups is 1. The summed E-state index contributed by atoms with van der Waals surface area (Å²) in [5, 5.41) is 12.6. The van der Waals surface area contributed by atoms with E-state index in [0.717, 1.165) is 18.5 Å². The van der Waals surface area contributed by atoms with Crippen molar-refractivity contribution in [1.82, 2.24) is 5.32 Å². The van der Waals surface area contributed by atoms with Crippen LogP contribution in [-0.4, -0.2) is 17.7 Å². The van der Waals surface area contributed by atoms with E-state index in [0.29, 0.717) is 5.03 Å². The summed E-state index contributed by atoms with van der Waals surface area (Å²) < 4.78 is 0. The molecule has 0 spiro atoms.